The molecule has 3 rings (SSSR count). The average Bonchev–Trinajstić information content (AvgIpc) is 2.73. The second kappa shape index (κ2) is 9.59. The molecule has 2 N–H and O–H groups in total. The minimum Gasteiger partial charge on any atom is -0.371 e. The van der Waals surface area contributed by atoms with Crippen LogP contribution in [0.3, 0.4) is 0 Å². The van der Waals surface area contributed by atoms with Crippen molar-refractivity contribution in [3.8, 4) is 0 Å². The van der Waals surface area contributed by atoms with Gasteiger partial charge in [0.25, 0.3) is 5.91 Å². The van der Waals surface area contributed by atoms with E-state index in [1.54, 1.807) is 12.1 Å². The van der Waals surface area contributed by atoms with E-state index >= 15 is 0 Å². The summed E-state index contributed by atoms with van der Waals surface area (Å²) < 4.78 is 0. The number of hydrogen-bond acceptors (Lipinski definition) is 3. The third kappa shape index (κ3) is 5.59. The lowest BCUT2D eigenvalue weighted by atomic mass is 9.95. The second-order valence-electron chi connectivity index (χ2n) is 8.24. The first-order valence-electron chi connectivity index (χ1n) is 10.4. The van der Waals surface area contributed by atoms with Gasteiger partial charge in [0.05, 0.1) is 11.3 Å². The van der Waals surface area contributed by atoms with Crippen LogP contribution in [-0.4, -0.2) is 31.4 Å². The summed E-state index contributed by atoms with van der Waals surface area (Å²) in [6.07, 6.45) is 1.61. The first-order valence-corrected chi connectivity index (χ1v) is 10.4. The van der Waals surface area contributed by atoms with Gasteiger partial charge in [-0.05, 0) is 49.9 Å². The van der Waals surface area contributed by atoms with Crippen LogP contribution in [0, 0.1) is 18.8 Å². The van der Waals surface area contributed by atoms with Crippen molar-refractivity contribution in [3.63, 3.8) is 0 Å². The van der Waals surface area contributed by atoms with E-state index < -0.39 is 0 Å². The van der Waals surface area contributed by atoms with Gasteiger partial charge < -0.3 is 15.5 Å². The molecule has 0 radical (unpaired) electrons. The third-order valence-corrected chi connectivity index (χ3v) is 5.37. The second-order valence-corrected chi connectivity index (χ2v) is 8.24. The van der Waals surface area contributed by atoms with Gasteiger partial charge in [-0.25, -0.2) is 0 Å². The predicted molar refractivity (Wildman–Crippen MR) is 118 cm³/mol. The van der Waals surface area contributed by atoms with Gasteiger partial charge in [0.1, 0.15) is 0 Å². The van der Waals surface area contributed by atoms with Crippen molar-refractivity contribution < 1.29 is 9.59 Å². The van der Waals surface area contributed by atoms with Crippen molar-refractivity contribution in [1.29, 1.82) is 0 Å². The van der Waals surface area contributed by atoms with E-state index in [9.17, 15) is 9.59 Å². The van der Waals surface area contributed by atoms with Crippen LogP contribution in [0.1, 0.15) is 42.6 Å². The lowest BCUT2D eigenvalue weighted by molar-refractivity contribution is -0.120. The van der Waals surface area contributed by atoms with Gasteiger partial charge >= 0.3 is 0 Å². The fourth-order valence-electron chi connectivity index (χ4n) is 3.57. The summed E-state index contributed by atoms with van der Waals surface area (Å²) in [7, 11) is 0. The van der Waals surface area contributed by atoms with Crippen LogP contribution in [-0.2, 0) is 4.79 Å². The monoisotopic (exact) mass is 393 g/mol. The number of benzene rings is 2. The van der Waals surface area contributed by atoms with Crippen LogP contribution in [0.4, 0.5) is 11.4 Å². The lowest BCUT2D eigenvalue weighted by Gasteiger charge is -2.33. The lowest BCUT2D eigenvalue weighted by Crippen LogP contribution is -2.38. The van der Waals surface area contributed by atoms with Crippen molar-refractivity contribution in [2.24, 2.45) is 11.8 Å². The van der Waals surface area contributed by atoms with Gasteiger partial charge in [0, 0.05) is 31.2 Å². The van der Waals surface area contributed by atoms with Gasteiger partial charge in [-0.2, -0.15) is 0 Å². The highest BCUT2D eigenvalue weighted by molar-refractivity contribution is 6.04. The normalized spacial score (nSPS) is 14.7. The van der Waals surface area contributed by atoms with Crippen LogP contribution in [0.2, 0.25) is 0 Å². The van der Waals surface area contributed by atoms with Crippen LogP contribution in [0.25, 0.3) is 0 Å². The molecule has 0 unspecified atom stereocenters. The number of carbonyl (C=O) groups excluding carboxylic acids is 2. The zero-order valence-electron chi connectivity index (χ0n) is 17.6. The maximum absolute atomic E-state index is 12.8. The van der Waals surface area contributed by atoms with Crippen LogP contribution < -0.4 is 15.5 Å². The molecule has 2 aromatic carbocycles. The number of anilines is 2. The van der Waals surface area contributed by atoms with Crippen molar-refractivity contribution in [1.82, 2.24) is 5.32 Å². The number of hydrogen-bond donors (Lipinski definition) is 2. The molecule has 2 aromatic rings. The summed E-state index contributed by atoms with van der Waals surface area (Å²) in [6, 6.07) is 15.7. The number of carbonyl (C=O) groups is 2. The van der Waals surface area contributed by atoms with Crippen molar-refractivity contribution in [2.45, 2.75) is 33.6 Å². The Bertz CT molecular complexity index is 837. The Morgan fingerprint density at radius 1 is 1.03 bits per heavy atom. The van der Waals surface area contributed by atoms with Gasteiger partial charge in [-0.1, -0.05) is 43.7 Å². The molecule has 1 aliphatic heterocycles. The van der Waals surface area contributed by atoms with E-state index in [-0.39, 0.29) is 17.7 Å². The van der Waals surface area contributed by atoms with Gasteiger partial charge in [0.2, 0.25) is 5.91 Å². The topological polar surface area (TPSA) is 61.4 Å². The first kappa shape index (κ1) is 20.9. The molecule has 1 fully saturated rings. The number of nitrogens with one attached hydrogen (secondary N) is 2. The zero-order chi connectivity index (χ0) is 20.8. The van der Waals surface area contributed by atoms with E-state index in [1.165, 1.54) is 11.3 Å². The Morgan fingerprint density at radius 3 is 2.34 bits per heavy atom. The number of rotatable bonds is 6. The minimum absolute atomic E-state index is 0.00216. The van der Waals surface area contributed by atoms with E-state index in [0.717, 1.165) is 25.9 Å². The summed E-state index contributed by atoms with van der Waals surface area (Å²) in [5, 5.41) is 5.92. The molecular weight excluding hydrogens is 362 g/mol. The fourth-order valence-corrected chi connectivity index (χ4v) is 3.57. The van der Waals surface area contributed by atoms with Crippen LogP contribution >= 0.6 is 0 Å². The molecule has 5 nitrogen and oxygen atoms in total. The third-order valence-electron chi connectivity index (χ3n) is 5.37. The summed E-state index contributed by atoms with van der Waals surface area (Å²) in [5.41, 5.74) is 3.55. The van der Waals surface area contributed by atoms with Crippen LogP contribution in [0.5, 0.6) is 0 Å². The molecule has 1 aliphatic rings. The maximum Gasteiger partial charge on any atom is 0.253 e. The molecule has 0 aliphatic carbocycles. The van der Waals surface area contributed by atoms with Crippen molar-refractivity contribution in [3.05, 3.63) is 59.7 Å². The summed E-state index contributed by atoms with van der Waals surface area (Å²) >= 11 is 0. The molecule has 0 spiro atoms. The van der Waals surface area contributed by atoms with E-state index in [0.29, 0.717) is 23.7 Å². The number of para-hydroxylation sites is 1. The van der Waals surface area contributed by atoms with Gasteiger partial charge in [-0.3, -0.25) is 9.59 Å². The van der Waals surface area contributed by atoms with Gasteiger partial charge in [-0.15, -0.1) is 0 Å². The molecule has 154 valence electrons. The summed E-state index contributed by atoms with van der Waals surface area (Å²) in [4.78, 5) is 27.6. The zero-order valence-corrected chi connectivity index (χ0v) is 17.6. The van der Waals surface area contributed by atoms with Gasteiger partial charge in [0.15, 0.2) is 0 Å². The molecule has 5 heteroatoms. The average molecular weight is 394 g/mol. The molecule has 0 saturated carbocycles. The highest BCUT2D eigenvalue weighted by atomic mass is 16.2. The summed E-state index contributed by atoms with van der Waals surface area (Å²) in [6.45, 7) is 8.52. The minimum atomic E-state index is -0.149. The number of amides is 2. The van der Waals surface area contributed by atoms with Crippen molar-refractivity contribution in [2.75, 3.05) is 29.9 Å². The van der Waals surface area contributed by atoms with Crippen LogP contribution in [0.15, 0.2) is 48.5 Å². The molecule has 29 heavy (non-hydrogen) atoms. The summed E-state index contributed by atoms with van der Waals surface area (Å²) in [5.74, 6) is 0.185. The highest BCUT2D eigenvalue weighted by Gasteiger charge is 2.26. The SMILES string of the molecule is Cc1ccc(N2CCC(C(=O)Nc3ccccc3C(=O)NCC(C)C)CC2)cc1. The predicted octanol–water partition coefficient (Wildman–Crippen LogP) is 4.24. The van der Waals surface area contributed by atoms with E-state index in [2.05, 4.69) is 60.6 Å². The molecule has 0 atom stereocenters. The number of piperidine rings is 1. The fraction of sp³-hybridized carbons (Fsp3) is 0.417. The first-order chi connectivity index (χ1) is 13.9. The largest absolute Gasteiger partial charge is 0.371 e. The Hall–Kier alpha value is -2.82. The molecule has 1 saturated heterocycles. The molecule has 1 heterocycles. The standard InChI is InChI=1S/C24H31N3O2/c1-17(2)16-25-24(29)21-6-4-5-7-22(21)26-23(28)19-12-14-27(15-13-19)20-10-8-18(3)9-11-20/h4-11,17,19H,12-16H2,1-3H3,(H,25,29)(H,26,28). The Morgan fingerprint density at radius 2 is 1.69 bits per heavy atom. The Kier molecular flexibility index (Phi) is 6.91. The number of nitrogens with zero attached hydrogens (tertiary/aromatic N) is 1. The number of aryl methyl sites for hydroxylation is 1. The van der Waals surface area contributed by atoms with E-state index in [1.807, 2.05) is 12.1 Å². The van der Waals surface area contributed by atoms with Crippen molar-refractivity contribution >= 4 is 23.2 Å². The Balaban J connectivity index is 1.59. The molecule has 0 bridgehead atoms. The highest BCUT2D eigenvalue weighted by Crippen LogP contribution is 2.25. The quantitative estimate of drug-likeness (QED) is 0.772. The molecular formula is C24H31N3O2. The van der Waals surface area contributed by atoms with E-state index in [4.69, 9.17) is 0 Å². The molecule has 0 aromatic heterocycles. The molecule has 2 amide bonds. The smallest absolute Gasteiger partial charge is 0.253 e. The maximum atomic E-state index is 12.8. The Labute approximate surface area is 173 Å².